The van der Waals surface area contributed by atoms with E-state index < -0.39 is 11.1 Å². The predicted molar refractivity (Wildman–Crippen MR) is 159 cm³/mol. The van der Waals surface area contributed by atoms with Crippen molar-refractivity contribution in [3.05, 3.63) is 58.5 Å². The van der Waals surface area contributed by atoms with Gasteiger partial charge < -0.3 is 25.1 Å². The molecule has 2 aromatic heterocycles. The second kappa shape index (κ2) is 11.0. The number of carbonyl (C=O) groups excluding carboxylic acids is 2. The Morgan fingerprint density at radius 2 is 2.07 bits per heavy atom. The van der Waals surface area contributed by atoms with Gasteiger partial charge in [-0.3, -0.25) is 14.7 Å². The quantitative estimate of drug-likeness (QED) is 0.334. The molecule has 4 heterocycles. The standard InChI is InChI=1S/C31H34ClN5O4/c1-30(2,3)41-29(39)37-17-7-13-31(37,4)14-10-19-18-33-15-11-20(19)25-26(24-22(35-25)12-16-34-28(24)38)36-23-9-6-8-21(32)27(23)40-5/h6,8-9,11,15,18,35-36H,7,12-13,16-17H2,1-5H3,(H,34,38)/t31-/m1/s1. The molecule has 3 N–H and O–H groups in total. The van der Waals surface area contributed by atoms with Crippen LogP contribution in [0.25, 0.3) is 11.3 Å². The van der Waals surface area contributed by atoms with Gasteiger partial charge in [-0.2, -0.15) is 0 Å². The number of anilines is 2. The van der Waals surface area contributed by atoms with Crippen molar-refractivity contribution in [1.82, 2.24) is 20.2 Å². The van der Waals surface area contributed by atoms with Gasteiger partial charge in [-0.1, -0.05) is 29.5 Å². The second-order valence-corrected chi connectivity index (χ2v) is 11.8. The van der Waals surface area contributed by atoms with Crippen LogP contribution in [0, 0.1) is 11.8 Å². The topological polar surface area (TPSA) is 109 Å². The fourth-order valence-corrected chi connectivity index (χ4v) is 5.52. The number of aromatic amines is 1. The van der Waals surface area contributed by atoms with E-state index in [-0.39, 0.29) is 12.0 Å². The largest absolute Gasteiger partial charge is 0.493 e. The Bertz CT molecular complexity index is 1560. The highest BCUT2D eigenvalue weighted by Gasteiger charge is 2.40. The molecule has 1 fully saturated rings. The molecule has 1 aromatic carbocycles. The Hall–Kier alpha value is -4.16. The van der Waals surface area contributed by atoms with E-state index in [4.69, 9.17) is 21.1 Å². The summed E-state index contributed by atoms with van der Waals surface area (Å²) in [6, 6.07) is 7.26. The Morgan fingerprint density at radius 3 is 2.83 bits per heavy atom. The summed E-state index contributed by atoms with van der Waals surface area (Å²) in [5, 5.41) is 6.79. The maximum Gasteiger partial charge on any atom is 0.411 e. The number of H-pyrrole nitrogens is 1. The van der Waals surface area contributed by atoms with Crippen LogP contribution in [-0.4, -0.2) is 58.2 Å². The van der Waals surface area contributed by atoms with Gasteiger partial charge in [0, 0.05) is 43.2 Å². The first kappa shape index (κ1) is 28.4. The lowest BCUT2D eigenvalue weighted by molar-refractivity contribution is 0.0179. The van der Waals surface area contributed by atoms with Gasteiger partial charge in [-0.15, -0.1) is 0 Å². The maximum atomic E-state index is 13.1. The number of likely N-dealkylation sites (tertiary alicyclic amines) is 1. The van der Waals surface area contributed by atoms with Gasteiger partial charge >= 0.3 is 6.09 Å². The molecule has 5 rings (SSSR count). The minimum absolute atomic E-state index is 0.176. The molecule has 0 unspecified atom stereocenters. The molecule has 1 saturated heterocycles. The Kier molecular flexibility index (Phi) is 7.62. The highest BCUT2D eigenvalue weighted by Crippen LogP contribution is 2.41. The number of methoxy groups -OCH3 is 1. The number of aromatic nitrogens is 2. The minimum Gasteiger partial charge on any atom is -0.493 e. The van der Waals surface area contributed by atoms with Crippen LogP contribution in [0.4, 0.5) is 16.2 Å². The molecule has 1 atom stereocenters. The first-order chi connectivity index (χ1) is 19.5. The first-order valence-corrected chi connectivity index (χ1v) is 14.0. The molecule has 9 nitrogen and oxygen atoms in total. The number of rotatable bonds is 4. The van der Waals surface area contributed by atoms with Crippen LogP contribution in [0.3, 0.4) is 0 Å². The van der Waals surface area contributed by atoms with Crippen molar-refractivity contribution in [2.45, 2.75) is 58.1 Å². The molecule has 2 aliphatic heterocycles. The molecular formula is C31H34ClN5O4. The van der Waals surface area contributed by atoms with Crippen LogP contribution >= 0.6 is 11.6 Å². The van der Waals surface area contributed by atoms with Crippen molar-refractivity contribution >= 4 is 35.0 Å². The second-order valence-electron chi connectivity index (χ2n) is 11.4. The summed E-state index contributed by atoms with van der Waals surface area (Å²) in [7, 11) is 1.55. The number of fused-ring (bicyclic) bond motifs is 1. The maximum absolute atomic E-state index is 13.1. The number of halogens is 1. The summed E-state index contributed by atoms with van der Waals surface area (Å²) in [6.07, 6.45) is 5.22. The van der Waals surface area contributed by atoms with Crippen LogP contribution < -0.4 is 15.4 Å². The monoisotopic (exact) mass is 575 g/mol. The summed E-state index contributed by atoms with van der Waals surface area (Å²) in [4.78, 5) is 35.5. The molecule has 0 spiro atoms. The van der Waals surface area contributed by atoms with Crippen LogP contribution in [0.15, 0.2) is 36.7 Å². The Balaban J connectivity index is 1.58. The van der Waals surface area contributed by atoms with Crippen LogP contribution in [-0.2, 0) is 11.2 Å². The van der Waals surface area contributed by atoms with Gasteiger partial charge in [-0.25, -0.2) is 4.79 Å². The average molecular weight is 576 g/mol. The van der Waals surface area contributed by atoms with Crippen molar-refractivity contribution in [2.24, 2.45) is 0 Å². The predicted octanol–water partition coefficient (Wildman–Crippen LogP) is 5.91. The SMILES string of the molecule is COc1c(Cl)cccc1Nc1c(-c2ccncc2C#C[C@@]2(C)CCCN2C(=O)OC(C)(C)C)[nH]c2c1C(=O)NCC2. The zero-order chi connectivity index (χ0) is 29.4. The van der Waals surface area contributed by atoms with E-state index in [0.717, 1.165) is 24.1 Å². The molecule has 2 aliphatic rings. The number of hydrogen-bond donors (Lipinski definition) is 3. The minimum atomic E-state index is -0.695. The lowest BCUT2D eigenvalue weighted by Crippen LogP contribution is -2.46. The van der Waals surface area contributed by atoms with E-state index >= 15 is 0 Å². The fourth-order valence-electron chi connectivity index (χ4n) is 5.27. The highest BCUT2D eigenvalue weighted by atomic mass is 35.5. The van der Waals surface area contributed by atoms with Crippen molar-refractivity contribution in [3.8, 4) is 28.8 Å². The zero-order valence-corrected chi connectivity index (χ0v) is 24.7. The lowest BCUT2D eigenvalue weighted by Gasteiger charge is -2.32. The van der Waals surface area contributed by atoms with E-state index in [9.17, 15) is 9.59 Å². The third-order valence-electron chi connectivity index (χ3n) is 7.21. The number of nitrogens with zero attached hydrogens (tertiary/aromatic N) is 2. The smallest absolute Gasteiger partial charge is 0.411 e. The third-order valence-corrected chi connectivity index (χ3v) is 7.51. The highest BCUT2D eigenvalue weighted by molar-refractivity contribution is 6.32. The van der Waals surface area contributed by atoms with E-state index in [1.54, 1.807) is 30.5 Å². The number of ether oxygens (including phenoxy) is 2. The molecule has 41 heavy (non-hydrogen) atoms. The van der Waals surface area contributed by atoms with Crippen LogP contribution in [0.5, 0.6) is 5.75 Å². The number of pyridine rings is 1. The summed E-state index contributed by atoms with van der Waals surface area (Å²) in [6.45, 7) is 8.64. The molecule has 10 heteroatoms. The van der Waals surface area contributed by atoms with Gasteiger partial charge in [-0.05, 0) is 58.7 Å². The molecular weight excluding hydrogens is 542 g/mol. The zero-order valence-electron chi connectivity index (χ0n) is 23.9. The number of para-hydroxylation sites is 1. The molecule has 0 radical (unpaired) electrons. The molecule has 214 valence electrons. The Labute approximate surface area is 245 Å². The first-order valence-electron chi connectivity index (χ1n) is 13.6. The van der Waals surface area contributed by atoms with Gasteiger partial charge in [0.2, 0.25) is 0 Å². The van der Waals surface area contributed by atoms with Crippen LogP contribution in [0.2, 0.25) is 5.02 Å². The van der Waals surface area contributed by atoms with Crippen molar-refractivity contribution in [1.29, 1.82) is 0 Å². The number of amides is 2. The van der Waals surface area contributed by atoms with E-state index in [1.165, 1.54) is 0 Å². The van der Waals surface area contributed by atoms with Gasteiger partial charge in [0.1, 0.15) is 11.1 Å². The summed E-state index contributed by atoms with van der Waals surface area (Å²) in [5.41, 5.74) is 3.39. The number of nitrogens with one attached hydrogen (secondary N) is 3. The van der Waals surface area contributed by atoms with Crippen molar-refractivity contribution in [3.63, 3.8) is 0 Å². The summed E-state index contributed by atoms with van der Waals surface area (Å²) >= 11 is 6.39. The van der Waals surface area contributed by atoms with E-state index in [0.29, 0.717) is 58.5 Å². The van der Waals surface area contributed by atoms with E-state index in [2.05, 4.69) is 32.4 Å². The van der Waals surface area contributed by atoms with Gasteiger partial charge in [0.05, 0.1) is 40.3 Å². The van der Waals surface area contributed by atoms with E-state index in [1.807, 2.05) is 45.9 Å². The summed E-state index contributed by atoms with van der Waals surface area (Å²) < 4.78 is 11.2. The molecule has 0 saturated carbocycles. The third kappa shape index (κ3) is 5.70. The van der Waals surface area contributed by atoms with Crippen LogP contribution in [0.1, 0.15) is 62.2 Å². The Morgan fingerprint density at radius 1 is 1.27 bits per heavy atom. The van der Waals surface area contributed by atoms with Crippen molar-refractivity contribution in [2.75, 3.05) is 25.5 Å². The molecule has 3 aromatic rings. The van der Waals surface area contributed by atoms with Crippen molar-refractivity contribution < 1.29 is 19.1 Å². The molecule has 2 amide bonds. The summed E-state index contributed by atoms with van der Waals surface area (Å²) in [5.74, 6) is 6.95. The lowest BCUT2D eigenvalue weighted by atomic mass is 9.98. The number of carbonyl (C=O) groups is 2. The number of benzene rings is 1. The van der Waals surface area contributed by atoms with Gasteiger partial charge in [0.15, 0.2) is 5.75 Å². The molecule has 0 aliphatic carbocycles. The number of hydrogen-bond acceptors (Lipinski definition) is 6. The normalized spacial score (nSPS) is 18.2. The molecule has 0 bridgehead atoms. The average Bonchev–Trinajstić information content (AvgIpc) is 3.48. The van der Waals surface area contributed by atoms with Gasteiger partial charge in [0.25, 0.3) is 5.91 Å². The fraction of sp³-hybridized carbons (Fsp3) is 0.387.